The molecule has 0 bridgehead atoms. The van der Waals surface area contributed by atoms with Crippen molar-refractivity contribution in [3.63, 3.8) is 0 Å². The Balaban J connectivity index is 1.26. The lowest BCUT2D eigenvalue weighted by molar-refractivity contribution is -0.115. The largest absolute Gasteiger partial charge is 0.345 e. The molecule has 4 aromatic rings. The molecule has 0 fully saturated rings. The van der Waals surface area contributed by atoms with Crippen molar-refractivity contribution in [1.82, 2.24) is 20.1 Å². The van der Waals surface area contributed by atoms with Crippen molar-refractivity contribution in [2.45, 2.75) is 28.4 Å². The zero-order valence-corrected chi connectivity index (χ0v) is 20.9. The van der Waals surface area contributed by atoms with Crippen LogP contribution in [0.2, 0.25) is 0 Å². The van der Waals surface area contributed by atoms with Crippen LogP contribution in [0.5, 0.6) is 0 Å². The number of aromatic nitrogens is 3. The van der Waals surface area contributed by atoms with E-state index in [1.165, 1.54) is 11.8 Å². The lowest BCUT2D eigenvalue weighted by Gasteiger charge is -2.30. The number of nitrogens with one attached hydrogen (secondary N) is 1. The van der Waals surface area contributed by atoms with Gasteiger partial charge in [-0.25, -0.2) is 0 Å². The third-order valence-corrected chi connectivity index (χ3v) is 7.75. The molecule has 0 aliphatic carbocycles. The normalized spacial score (nSPS) is 12.1. The van der Waals surface area contributed by atoms with Crippen molar-refractivity contribution in [2.24, 2.45) is 7.05 Å². The van der Waals surface area contributed by atoms with Crippen molar-refractivity contribution in [3.8, 4) is 0 Å². The van der Waals surface area contributed by atoms with Crippen LogP contribution in [0.4, 0.5) is 11.4 Å². The van der Waals surface area contributed by atoms with Crippen LogP contribution >= 0.6 is 23.5 Å². The van der Waals surface area contributed by atoms with Gasteiger partial charge in [-0.2, -0.15) is 0 Å². The molecule has 2 heterocycles. The van der Waals surface area contributed by atoms with Crippen molar-refractivity contribution >= 4 is 46.7 Å². The summed E-state index contributed by atoms with van der Waals surface area (Å²) < 4.78 is 1.81. The molecule has 1 N–H and O–H groups in total. The minimum Gasteiger partial charge on any atom is -0.345 e. The molecule has 2 amide bonds. The fourth-order valence-electron chi connectivity index (χ4n) is 3.84. The van der Waals surface area contributed by atoms with Crippen LogP contribution in [-0.2, 0) is 18.4 Å². The highest BCUT2D eigenvalue weighted by Gasteiger charge is 2.28. The Hall–Kier alpha value is -3.56. The van der Waals surface area contributed by atoms with Crippen LogP contribution in [0.15, 0.2) is 87.7 Å². The second kappa shape index (κ2) is 9.97. The third-order valence-electron chi connectivity index (χ3n) is 5.62. The fraction of sp³-hybridized carbons (Fsp3) is 0.154. The van der Waals surface area contributed by atoms with E-state index in [1.54, 1.807) is 22.7 Å². The molecular formula is C26H23N5O2S2. The number of hydrogen-bond donors (Lipinski definition) is 1. The maximum absolute atomic E-state index is 13.4. The Labute approximate surface area is 211 Å². The first-order chi connectivity index (χ1) is 17.0. The Morgan fingerprint density at radius 3 is 2.31 bits per heavy atom. The number of nitrogens with zero attached hydrogens (tertiary/aromatic N) is 4. The standard InChI is InChI=1S/C26H23N5O2S2/c1-17-8-7-9-18(14-17)25(33)27-15-23-28-29-26(30(23)2)34-16-24(32)31-19-10-3-5-12-21(19)35-22-13-6-4-11-20(22)31/h3-14H,15-16H2,1-2H3,(H,27,33). The maximum atomic E-state index is 13.4. The van der Waals surface area contributed by atoms with Gasteiger partial charge in [0.15, 0.2) is 11.0 Å². The molecule has 0 unspecified atom stereocenters. The van der Waals surface area contributed by atoms with Crippen molar-refractivity contribution in [3.05, 3.63) is 89.7 Å². The van der Waals surface area contributed by atoms with E-state index in [4.69, 9.17) is 0 Å². The van der Waals surface area contributed by atoms with Crippen molar-refractivity contribution in [2.75, 3.05) is 10.7 Å². The number of thioether (sulfide) groups is 1. The zero-order valence-electron chi connectivity index (χ0n) is 19.3. The number of benzene rings is 3. The lowest BCUT2D eigenvalue weighted by atomic mass is 10.1. The van der Waals surface area contributed by atoms with Crippen LogP contribution in [0, 0.1) is 6.92 Å². The quantitative estimate of drug-likeness (QED) is 0.376. The molecule has 1 aromatic heterocycles. The number of rotatable bonds is 6. The SMILES string of the molecule is Cc1cccc(C(=O)NCc2nnc(SCC(=O)N3c4ccccc4Sc4ccccc43)n2C)c1. The second-order valence-electron chi connectivity index (χ2n) is 8.07. The summed E-state index contributed by atoms with van der Waals surface area (Å²) in [5, 5.41) is 11.9. The van der Waals surface area contributed by atoms with Gasteiger partial charge >= 0.3 is 0 Å². The van der Waals surface area contributed by atoms with Crippen LogP contribution in [0.25, 0.3) is 0 Å². The van der Waals surface area contributed by atoms with Gasteiger partial charge in [-0.05, 0) is 43.3 Å². The molecule has 1 aliphatic heterocycles. The number of amides is 2. The molecule has 0 spiro atoms. The van der Waals surface area contributed by atoms with Gasteiger partial charge in [0.2, 0.25) is 5.91 Å². The van der Waals surface area contributed by atoms with Crippen LogP contribution in [-0.4, -0.2) is 32.3 Å². The Bertz CT molecular complexity index is 1370. The van der Waals surface area contributed by atoms with E-state index in [2.05, 4.69) is 15.5 Å². The molecule has 35 heavy (non-hydrogen) atoms. The molecule has 0 saturated heterocycles. The average molecular weight is 502 g/mol. The second-order valence-corrected chi connectivity index (χ2v) is 10.1. The number of para-hydroxylation sites is 2. The van der Waals surface area contributed by atoms with E-state index in [0.717, 1.165) is 26.7 Å². The van der Waals surface area contributed by atoms with Gasteiger partial charge in [-0.1, -0.05) is 65.5 Å². The molecular weight excluding hydrogens is 478 g/mol. The minimum atomic E-state index is -0.165. The molecule has 176 valence electrons. The predicted octanol–water partition coefficient (Wildman–Crippen LogP) is 4.98. The van der Waals surface area contributed by atoms with Crippen LogP contribution < -0.4 is 10.2 Å². The van der Waals surface area contributed by atoms with Gasteiger partial charge in [0.1, 0.15) is 0 Å². The van der Waals surface area contributed by atoms with Gasteiger partial charge in [-0.3, -0.25) is 14.5 Å². The monoisotopic (exact) mass is 501 g/mol. The highest BCUT2D eigenvalue weighted by atomic mass is 32.2. The van der Waals surface area contributed by atoms with Gasteiger partial charge in [-0.15, -0.1) is 10.2 Å². The maximum Gasteiger partial charge on any atom is 0.251 e. The summed E-state index contributed by atoms with van der Waals surface area (Å²) in [7, 11) is 1.84. The van der Waals surface area contributed by atoms with Gasteiger partial charge in [0, 0.05) is 22.4 Å². The van der Waals surface area contributed by atoms with Crippen molar-refractivity contribution in [1.29, 1.82) is 0 Å². The number of carbonyl (C=O) groups is 2. The average Bonchev–Trinajstić information content (AvgIpc) is 3.23. The summed E-state index contributed by atoms with van der Waals surface area (Å²) in [4.78, 5) is 29.7. The van der Waals surface area contributed by atoms with Crippen LogP contribution in [0.3, 0.4) is 0 Å². The molecule has 9 heteroatoms. The molecule has 5 rings (SSSR count). The lowest BCUT2D eigenvalue weighted by Crippen LogP contribution is -2.30. The summed E-state index contributed by atoms with van der Waals surface area (Å²) in [6, 6.07) is 23.3. The summed E-state index contributed by atoms with van der Waals surface area (Å²) in [6.45, 7) is 2.19. The van der Waals surface area contributed by atoms with E-state index in [0.29, 0.717) is 16.5 Å². The fourth-order valence-corrected chi connectivity index (χ4v) is 5.67. The van der Waals surface area contributed by atoms with Crippen LogP contribution in [0.1, 0.15) is 21.7 Å². The van der Waals surface area contributed by atoms with E-state index in [9.17, 15) is 9.59 Å². The van der Waals surface area contributed by atoms with Crippen molar-refractivity contribution < 1.29 is 9.59 Å². The van der Waals surface area contributed by atoms with Gasteiger partial charge in [0.25, 0.3) is 5.91 Å². The molecule has 0 atom stereocenters. The number of carbonyl (C=O) groups excluding carboxylic acids is 2. The number of hydrogen-bond acceptors (Lipinski definition) is 6. The zero-order chi connectivity index (χ0) is 24.4. The molecule has 3 aromatic carbocycles. The molecule has 1 aliphatic rings. The Kier molecular flexibility index (Phi) is 6.61. The number of aryl methyl sites for hydroxylation is 1. The number of anilines is 2. The van der Waals surface area contributed by atoms with Gasteiger partial charge in [0.05, 0.1) is 23.7 Å². The van der Waals surface area contributed by atoms with Gasteiger partial charge < -0.3 is 9.88 Å². The first kappa shape index (κ1) is 23.2. The smallest absolute Gasteiger partial charge is 0.251 e. The summed E-state index contributed by atoms with van der Waals surface area (Å²) in [5.41, 5.74) is 3.41. The predicted molar refractivity (Wildman–Crippen MR) is 138 cm³/mol. The van der Waals surface area contributed by atoms with E-state index < -0.39 is 0 Å². The highest BCUT2D eigenvalue weighted by molar-refractivity contribution is 8.00. The number of fused-ring (bicyclic) bond motifs is 2. The summed E-state index contributed by atoms with van der Waals surface area (Å²) >= 11 is 3.00. The first-order valence-corrected chi connectivity index (χ1v) is 12.9. The topological polar surface area (TPSA) is 80.1 Å². The van der Waals surface area contributed by atoms with E-state index in [1.807, 2.05) is 85.3 Å². The minimum absolute atomic E-state index is 0.0347. The van der Waals surface area contributed by atoms with E-state index in [-0.39, 0.29) is 24.1 Å². The Morgan fingerprint density at radius 1 is 0.943 bits per heavy atom. The first-order valence-electron chi connectivity index (χ1n) is 11.1. The molecule has 0 saturated carbocycles. The molecule has 0 radical (unpaired) electrons. The summed E-state index contributed by atoms with van der Waals surface area (Å²) in [5.74, 6) is 0.620. The Morgan fingerprint density at radius 2 is 1.63 bits per heavy atom. The van der Waals surface area contributed by atoms with E-state index >= 15 is 0 Å². The third kappa shape index (κ3) is 4.82. The molecule has 7 nitrogen and oxygen atoms in total. The summed E-state index contributed by atoms with van der Waals surface area (Å²) in [6.07, 6.45) is 0. The highest BCUT2D eigenvalue weighted by Crippen LogP contribution is 2.48.